The molecule has 0 aliphatic rings. The molecule has 0 bridgehead atoms. The van der Waals surface area contributed by atoms with Crippen LogP contribution >= 0.6 is 0 Å². The summed E-state index contributed by atoms with van der Waals surface area (Å²) in [5.74, 6) is 1.18. The molecule has 0 fully saturated rings. The van der Waals surface area contributed by atoms with Crippen molar-refractivity contribution in [2.24, 2.45) is 23.7 Å². The van der Waals surface area contributed by atoms with E-state index in [2.05, 4.69) is 32.4 Å². The largest absolute Gasteiger partial charge is 0.469 e. The molecule has 0 radical (unpaired) electrons. The highest BCUT2D eigenvalue weighted by atomic mass is 16.5. The van der Waals surface area contributed by atoms with Crippen molar-refractivity contribution < 1.29 is 19.1 Å². The molecule has 0 rings (SSSR count). The van der Waals surface area contributed by atoms with Crippen molar-refractivity contribution in [1.82, 2.24) is 0 Å². The Morgan fingerprint density at radius 2 is 1.00 bits per heavy atom. The highest BCUT2D eigenvalue weighted by molar-refractivity contribution is 5.73. The Kier molecular flexibility index (Phi) is 18.9. The van der Waals surface area contributed by atoms with Crippen LogP contribution in [0.2, 0.25) is 0 Å². The van der Waals surface area contributed by atoms with E-state index in [9.17, 15) is 9.59 Å². The summed E-state index contributed by atoms with van der Waals surface area (Å²) in [7, 11) is 2.98. The molecular weight excluding hydrogens is 388 g/mol. The molecule has 0 spiro atoms. The Bertz CT molecular complexity index is 445. The molecule has 0 aliphatic heterocycles. The predicted molar refractivity (Wildman–Crippen MR) is 130 cm³/mol. The van der Waals surface area contributed by atoms with Crippen LogP contribution in [-0.4, -0.2) is 26.2 Å². The first-order chi connectivity index (χ1) is 14.8. The fraction of sp³-hybridized carbons (Fsp3) is 0.926. The Hall–Kier alpha value is -1.06. The minimum absolute atomic E-state index is 0.0258. The van der Waals surface area contributed by atoms with Gasteiger partial charge in [-0.15, -0.1) is 0 Å². The predicted octanol–water partition coefficient (Wildman–Crippen LogP) is 7.73. The van der Waals surface area contributed by atoms with Gasteiger partial charge in [0.2, 0.25) is 0 Å². The number of ether oxygens (including phenoxy) is 2. The molecule has 0 amide bonds. The Morgan fingerprint density at radius 3 is 1.35 bits per heavy atom. The van der Waals surface area contributed by atoms with Crippen molar-refractivity contribution in [1.29, 1.82) is 0 Å². The van der Waals surface area contributed by atoms with E-state index in [1.54, 1.807) is 0 Å². The zero-order valence-corrected chi connectivity index (χ0v) is 21.5. The summed E-state index contributed by atoms with van der Waals surface area (Å²) >= 11 is 0. The summed E-state index contributed by atoms with van der Waals surface area (Å²) in [5, 5.41) is 0. The highest BCUT2D eigenvalue weighted by Gasteiger charge is 2.33. The van der Waals surface area contributed by atoms with Crippen LogP contribution in [0.5, 0.6) is 0 Å². The SMILES string of the molecule is COC(=O)CCCCCCCCCCCCCCCC(C(C)C)C(C(=O)OC)C(C)C. The number of hydrogen-bond donors (Lipinski definition) is 0. The van der Waals surface area contributed by atoms with Crippen LogP contribution in [0, 0.1) is 23.7 Å². The molecule has 4 nitrogen and oxygen atoms in total. The molecule has 0 aliphatic carbocycles. The van der Waals surface area contributed by atoms with Gasteiger partial charge in [0.25, 0.3) is 0 Å². The Labute approximate surface area is 193 Å². The molecule has 2 unspecified atom stereocenters. The van der Waals surface area contributed by atoms with Gasteiger partial charge in [-0.3, -0.25) is 9.59 Å². The van der Waals surface area contributed by atoms with E-state index in [4.69, 9.17) is 4.74 Å². The second-order valence-electron chi connectivity index (χ2n) is 9.91. The van der Waals surface area contributed by atoms with E-state index >= 15 is 0 Å². The number of esters is 2. The Balaban J connectivity index is 3.67. The topological polar surface area (TPSA) is 52.6 Å². The fourth-order valence-electron chi connectivity index (χ4n) is 4.70. The molecule has 0 heterocycles. The number of rotatable bonds is 20. The first-order valence-electron chi connectivity index (χ1n) is 13.0. The van der Waals surface area contributed by atoms with Crippen LogP contribution < -0.4 is 0 Å². The van der Waals surface area contributed by atoms with Gasteiger partial charge >= 0.3 is 11.9 Å². The molecule has 184 valence electrons. The van der Waals surface area contributed by atoms with E-state index in [-0.39, 0.29) is 17.9 Å². The summed E-state index contributed by atoms with van der Waals surface area (Å²) in [4.78, 5) is 23.3. The normalized spacial score (nSPS) is 13.4. The van der Waals surface area contributed by atoms with Gasteiger partial charge in [-0.2, -0.15) is 0 Å². The van der Waals surface area contributed by atoms with Gasteiger partial charge in [-0.25, -0.2) is 0 Å². The molecule has 2 atom stereocenters. The van der Waals surface area contributed by atoms with Crippen LogP contribution in [0.4, 0.5) is 0 Å². The first-order valence-corrected chi connectivity index (χ1v) is 13.0. The van der Waals surface area contributed by atoms with E-state index in [1.807, 2.05) is 0 Å². The molecule has 0 aromatic heterocycles. The zero-order valence-electron chi connectivity index (χ0n) is 21.5. The maximum Gasteiger partial charge on any atom is 0.309 e. The maximum absolute atomic E-state index is 12.2. The molecule has 0 N–H and O–H groups in total. The lowest BCUT2D eigenvalue weighted by Gasteiger charge is -2.31. The molecule has 31 heavy (non-hydrogen) atoms. The van der Waals surface area contributed by atoms with Crippen LogP contribution in [0.25, 0.3) is 0 Å². The zero-order chi connectivity index (χ0) is 23.5. The van der Waals surface area contributed by atoms with Crippen molar-refractivity contribution in [2.45, 2.75) is 124 Å². The van der Waals surface area contributed by atoms with Gasteiger partial charge in [0, 0.05) is 6.42 Å². The molecule has 4 heteroatoms. The van der Waals surface area contributed by atoms with Crippen LogP contribution in [0.1, 0.15) is 124 Å². The number of unbranched alkanes of at least 4 members (excludes halogenated alkanes) is 12. The van der Waals surface area contributed by atoms with Gasteiger partial charge in [0.05, 0.1) is 20.1 Å². The molecule has 0 aromatic carbocycles. The third kappa shape index (κ3) is 15.4. The minimum atomic E-state index is -0.0827. The summed E-state index contributed by atoms with van der Waals surface area (Å²) < 4.78 is 9.74. The van der Waals surface area contributed by atoms with E-state index in [0.29, 0.717) is 24.2 Å². The molecular formula is C27H52O4. The number of carbonyl (C=O) groups is 2. The quantitative estimate of drug-likeness (QED) is 0.143. The van der Waals surface area contributed by atoms with Crippen molar-refractivity contribution >= 4 is 11.9 Å². The average molecular weight is 441 g/mol. The van der Waals surface area contributed by atoms with Crippen LogP contribution in [0.3, 0.4) is 0 Å². The van der Waals surface area contributed by atoms with Crippen LogP contribution in [0.15, 0.2) is 0 Å². The lowest BCUT2D eigenvalue weighted by atomic mass is 9.74. The number of hydrogen-bond acceptors (Lipinski definition) is 4. The van der Waals surface area contributed by atoms with Gasteiger partial charge in [-0.1, -0.05) is 105 Å². The standard InChI is InChI=1S/C27H52O4/c1-22(2)24(26(23(3)4)27(29)31-6)20-18-16-14-12-10-8-7-9-11-13-15-17-19-21-25(28)30-5/h22-24,26H,7-21H2,1-6H3. The Morgan fingerprint density at radius 1 is 0.581 bits per heavy atom. The highest BCUT2D eigenvalue weighted by Crippen LogP contribution is 2.33. The number of carbonyl (C=O) groups excluding carboxylic acids is 2. The molecule has 0 aromatic rings. The van der Waals surface area contributed by atoms with E-state index < -0.39 is 0 Å². The summed E-state index contributed by atoms with van der Waals surface area (Å²) in [6.45, 7) is 8.76. The number of methoxy groups -OCH3 is 2. The summed E-state index contributed by atoms with van der Waals surface area (Å²) in [6, 6.07) is 0. The minimum Gasteiger partial charge on any atom is -0.469 e. The monoisotopic (exact) mass is 440 g/mol. The van der Waals surface area contributed by atoms with Crippen molar-refractivity contribution in [2.75, 3.05) is 14.2 Å². The van der Waals surface area contributed by atoms with Crippen molar-refractivity contribution in [3.05, 3.63) is 0 Å². The van der Waals surface area contributed by atoms with Crippen molar-refractivity contribution in [3.63, 3.8) is 0 Å². The second kappa shape index (κ2) is 19.6. The van der Waals surface area contributed by atoms with Gasteiger partial charge in [0.15, 0.2) is 0 Å². The maximum atomic E-state index is 12.2. The third-order valence-electron chi connectivity index (χ3n) is 6.66. The molecule has 0 saturated carbocycles. The smallest absolute Gasteiger partial charge is 0.309 e. The van der Waals surface area contributed by atoms with Crippen LogP contribution in [-0.2, 0) is 19.1 Å². The third-order valence-corrected chi connectivity index (χ3v) is 6.66. The lowest BCUT2D eigenvalue weighted by Crippen LogP contribution is -2.32. The second-order valence-corrected chi connectivity index (χ2v) is 9.91. The lowest BCUT2D eigenvalue weighted by molar-refractivity contribution is -0.150. The van der Waals surface area contributed by atoms with Gasteiger partial charge in [-0.05, 0) is 30.6 Å². The van der Waals surface area contributed by atoms with Crippen molar-refractivity contribution in [3.8, 4) is 0 Å². The summed E-state index contributed by atoms with van der Waals surface area (Å²) in [6.07, 6.45) is 18.2. The molecule has 0 saturated heterocycles. The summed E-state index contributed by atoms with van der Waals surface area (Å²) in [5.41, 5.74) is 0. The van der Waals surface area contributed by atoms with E-state index in [1.165, 1.54) is 84.8 Å². The van der Waals surface area contributed by atoms with E-state index in [0.717, 1.165) is 19.3 Å². The first kappa shape index (κ1) is 29.9. The average Bonchev–Trinajstić information content (AvgIpc) is 2.74. The van der Waals surface area contributed by atoms with Gasteiger partial charge < -0.3 is 9.47 Å². The fourth-order valence-corrected chi connectivity index (χ4v) is 4.70. The van der Waals surface area contributed by atoms with Gasteiger partial charge in [0.1, 0.15) is 0 Å².